The summed E-state index contributed by atoms with van der Waals surface area (Å²) >= 11 is 5.86. The van der Waals surface area contributed by atoms with E-state index in [0.29, 0.717) is 11.8 Å². The van der Waals surface area contributed by atoms with Gasteiger partial charge in [0.05, 0.1) is 0 Å². The van der Waals surface area contributed by atoms with E-state index in [9.17, 15) is 0 Å². The normalized spacial score (nSPS) is 10.5. The molecular formula is C14H17ClN4. The molecule has 1 heterocycles. The van der Waals surface area contributed by atoms with Crippen molar-refractivity contribution >= 4 is 23.2 Å². The van der Waals surface area contributed by atoms with Crippen LogP contribution < -0.4 is 5.32 Å². The molecule has 0 radical (unpaired) electrons. The molecule has 0 fully saturated rings. The summed E-state index contributed by atoms with van der Waals surface area (Å²) in [5.74, 6) is 1.10. The van der Waals surface area contributed by atoms with Crippen molar-refractivity contribution in [3.8, 4) is 0 Å². The zero-order valence-corrected chi connectivity index (χ0v) is 12.1. The number of benzene rings is 1. The van der Waals surface area contributed by atoms with Crippen molar-refractivity contribution in [2.45, 2.75) is 33.6 Å². The Morgan fingerprint density at radius 1 is 1.05 bits per heavy atom. The van der Waals surface area contributed by atoms with Gasteiger partial charge in [0.1, 0.15) is 5.82 Å². The number of nitrogens with one attached hydrogen (secondary N) is 1. The van der Waals surface area contributed by atoms with Crippen LogP contribution in [0.4, 0.5) is 11.6 Å². The fourth-order valence-electron chi connectivity index (χ4n) is 2.02. The van der Waals surface area contributed by atoms with E-state index < -0.39 is 0 Å². The van der Waals surface area contributed by atoms with Crippen LogP contribution in [-0.2, 0) is 12.8 Å². The number of para-hydroxylation sites is 1. The number of rotatable bonds is 4. The molecule has 0 aliphatic rings. The van der Waals surface area contributed by atoms with Crippen LogP contribution in [0.3, 0.4) is 0 Å². The molecule has 0 saturated carbocycles. The molecule has 1 N–H and O–H groups in total. The van der Waals surface area contributed by atoms with Crippen LogP contribution in [0.5, 0.6) is 0 Å². The fourth-order valence-corrected chi connectivity index (χ4v) is 2.22. The summed E-state index contributed by atoms with van der Waals surface area (Å²) in [4.78, 5) is 12.3. The number of hydrogen-bond acceptors (Lipinski definition) is 4. The second kappa shape index (κ2) is 5.97. The molecule has 0 amide bonds. The van der Waals surface area contributed by atoms with Crippen molar-refractivity contribution in [2.24, 2.45) is 0 Å². The molecule has 100 valence electrons. The zero-order chi connectivity index (χ0) is 13.8. The first-order valence-electron chi connectivity index (χ1n) is 6.40. The van der Waals surface area contributed by atoms with Gasteiger partial charge in [-0.25, -0.2) is 4.98 Å². The Kier molecular flexibility index (Phi) is 4.32. The van der Waals surface area contributed by atoms with Crippen LogP contribution in [0, 0.1) is 6.92 Å². The molecule has 0 atom stereocenters. The van der Waals surface area contributed by atoms with Crippen molar-refractivity contribution < 1.29 is 0 Å². The molecule has 0 unspecified atom stereocenters. The van der Waals surface area contributed by atoms with Gasteiger partial charge >= 0.3 is 0 Å². The van der Waals surface area contributed by atoms with E-state index in [1.54, 1.807) is 6.92 Å². The largest absolute Gasteiger partial charge is 0.324 e. The third kappa shape index (κ3) is 3.20. The molecule has 4 nitrogen and oxygen atoms in total. The van der Waals surface area contributed by atoms with Crippen LogP contribution in [0.25, 0.3) is 0 Å². The topological polar surface area (TPSA) is 50.7 Å². The van der Waals surface area contributed by atoms with Gasteiger partial charge in [-0.15, -0.1) is 0 Å². The van der Waals surface area contributed by atoms with Gasteiger partial charge < -0.3 is 5.32 Å². The second-order valence-corrected chi connectivity index (χ2v) is 4.60. The summed E-state index contributed by atoms with van der Waals surface area (Å²) in [5, 5.41) is 3.49. The SMILES string of the molecule is CCc1cccc(CC)c1Nc1nc(C)nc(Cl)n1. The smallest absolute Gasteiger partial charge is 0.231 e. The van der Waals surface area contributed by atoms with Gasteiger partial charge in [-0.1, -0.05) is 32.0 Å². The maximum Gasteiger partial charge on any atom is 0.231 e. The second-order valence-electron chi connectivity index (χ2n) is 4.26. The summed E-state index contributed by atoms with van der Waals surface area (Å²) in [5.41, 5.74) is 3.57. The summed E-state index contributed by atoms with van der Waals surface area (Å²) in [6.45, 7) is 6.06. The third-order valence-electron chi connectivity index (χ3n) is 2.96. The molecule has 0 saturated heterocycles. The summed E-state index contributed by atoms with van der Waals surface area (Å²) in [6, 6.07) is 6.29. The highest BCUT2D eigenvalue weighted by Gasteiger charge is 2.09. The molecule has 5 heteroatoms. The lowest BCUT2D eigenvalue weighted by molar-refractivity contribution is 0.977. The summed E-state index contributed by atoms with van der Waals surface area (Å²) < 4.78 is 0. The first-order chi connectivity index (χ1) is 9.13. The van der Waals surface area contributed by atoms with Crippen molar-refractivity contribution in [1.82, 2.24) is 15.0 Å². The fraction of sp³-hybridized carbons (Fsp3) is 0.357. The molecule has 19 heavy (non-hydrogen) atoms. The molecule has 2 aromatic rings. The number of halogens is 1. The zero-order valence-electron chi connectivity index (χ0n) is 11.4. The van der Waals surface area contributed by atoms with Crippen molar-refractivity contribution in [3.63, 3.8) is 0 Å². The van der Waals surface area contributed by atoms with E-state index in [-0.39, 0.29) is 5.28 Å². The number of aryl methyl sites for hydroxylation is 3. The highest BCUT2D eigenvalue weighted by Crippen LogP contribution is 2.25. The number of nitrogens with zero attached hydrogens (tertiary/aromatic N) is 3. The minimum atomic E-state index is 0.210. The van der Waals surface area contributed by atoms with Gasteiger partial charge in [0.15, 0.2) is 0 Å². The Morgan fingerprint density at radius 3 is 2.21 bits per heavy atom. The minimum absolute atomic E-state index is 0.210. The predicted molar refractivity (Wildman–Crippen MR) is 78.1 cm³/mol. The van der Waals surface area contributed by atoms with Gasteiger partial charge in [0, 0.05) is 5.69 Å². The first-order valence-corrected chi connectivity index (χ1v) is 6.77. The van der Waals surface area contributed by atoms with E-state index in [1.807, 2.05) is 0 Å². The molecule has 0 aliphatic carbocycles. The van der Waals surface area contributed by atoms with Crippen LogP contribution in [0.1, 0.15) is 30.8 Å². The van der Waals surface area contributed by atoms with Crippen molar-refractivity contribution in [2.75, 3.05) is 5.32 Å². The Labute approximate surface area is 118 Å². The lowest BCUT2D eigenvalue weighted by Gasteiger charge is -2.14. The standard InChI is InChI=1S/C14H17ClN4/c1-4-10-7-6-8-11(5-2)12(10)18-14-17-9(3)16-13(15)19-14/h6-8H,4-5H2,1-3H3,(H,16,17,18,19). The van der Waals surface area contributed by atoms with Crippen molar-refractivity contribution in [1.29, 1.82) is 0 Å². The number of hydrogen-bond donors (Lipinski definition) is 1. The average Bonchev–Trinajstić information content (AvgIpc) is 2.37. The summed E-state index contributed by atoms with van der Waals surface area (Å²) in [7, 11) is 0. The minimum Gasteiger partial charge on any atom is -0.324 e. The monoisotopic (exact) mass is 276 g/mol. The van der Waals surface area contributed by atoms with Gasteiger partial charge in [-0.05, 0) is 42.5 Å². The molecule has 0 spiro atoms. The maximum absolute atomic E-state index is 5.86. The lowest BCUT2D eigenvalue weighted by Crippen LogP contribution is -2.05. The molecule has 0 aliphatic heterocycles. The highest BCUT2D eigenvalue weighted by atomic mass is 35.5. The number of aromatic nitrogens is 3. The predicted octanol–water partition coefficient (Wildman–Crippen LogP) is 3.70. The van der Waals surface area contributed by atoms with Crippen LogP contribution in [0.2, 0.25) is 5.28 Å². The molecular weight excluding hydrogens is 260 g/mol. The Morgan fingerprint density at radius 2 is 1.68 bits per heavy atom. The number of anilines is 2. The third-order valence-corrected chi connectivity index (χ3v) is 3.12. The van der Waals surface area contributed by atoms with Crippen molar-refractivity contribution in [3.05, 3.63) is 40.4 Å². The van der Waals surface area contributed by atoms with E-state index in [1.165, 1.54) is 11.1 Å². The van der Waals surface area contributed by atoms with Crippen LogP contribution in [-0.4, -0.2) is 15.0 Å². The van der Waals surface area contributed by atoms with E-state index in [2.05, 4.69) is 52.3 Å². The van der Waals surface area contributed by atoms with Gasteiger partial charge in [-0.2, -0.15) is 9.97 Å². The maximum atomic E-state index is 5.86. The lowest BCUT2D eigenvalue weighted by atomic mass is 10.0. The molecule has 1 aromatic carbocycles. The van der Waals surface area contributed by atoms with Gasteiger partial charge in [0.2, 0.25) is 11.2 Å². The van der Waals surface area contributed by atoms with Crippen LogP contribution >= 0.6 is 11.6 Å². The first kappa shape index (κ1) is 13.7. The highest BCUT2D eigenvalue weighted by molar-refractivity contribution is 6.28. The summed E-state index contributed by atoms with van der Waals surface area (Å²) in [6.07, 6.45) is 1.90. The van der Waals surface area contributed by atoms with Gasteiger partial charge in [0.25, 0.3) is 0 Å². The molecule has 0 bridgehead atoms. The molecule has 1 aromatic heterocycles. The van der Waals surface area contributed by atoms with E-state index in [0.717, 1.165) is 18.5 Å². The Bertz CT molecular complexity index is 541. The Balaban J connectivity index is 2.41. The average molecular weight is 277 g/mol. The quantitative estimate of drug-likeness (QED) is 0.925. The Hall–Kier alpha value is -1.68. The van der Waals surface area contributed by atoms with Gasteiger partial charge in [-0.3, -0.25) is 0 Å². The van der Waals surface area contributed by atoms with Crippen LogP contribution in [0.15, 0.2) is 18.2 Å². The molecule has 2 rings (SSSR count). The van der Waals surface area contributed by atoms with E-state index >= 15 is 0 Å². The van der Waals surface area contributed by atoms with E-state index in [4.69, 9.17) is 11.6 Å².